The summed E-state index contributed by atoms with van der Waals surface area (Å²) < 4.78 is 5.74. The summed E-state index contributed by atoms with van der Waals surface area (Å²) in [7, 11) is 0. The van der Waals surface area contributed by atoms with Gasteiger partial charge in [0.05, 0.1) is 12.4 Å². The van der Waals surface area contributed by atoms with Crippen LogP contribution in [-0.2, 0) is 14.3 Å². The van der Waals surface area contributed by atoms with Crippen molar-refractivity contribution in [3.8, 4) is 0 Å². The normalized spacial score (nSPS) is 11.8. The summed E-state index contributed by atoms with van der Waals surface area (Å²) >= 11 is 4.06. The number of carbonyl (C=O) groups is 2. The van der Waals surface area contributed by atoms with Crippen LogP contribution in [0.1, 0.15) is 26.7 Å². The molecule has 0 aliphatic heterocycles. The standard InChI is InChI=1S/C17H21N3O3S3/c1-3-8-13(15(22)23-4-2)25-17-20-19-16(26-17)18-14(21)11-24-12-9-6-5-7-10-12/h5-7,9-10,13H,3-4,8,11H2,1-2H3,(H,18,19,21). The summed E-state index contributed by atoms with van der Waals surface area (Å²) in [6, 6.07) is 9.73. The number of amides is 1. The highest BCUT2D eigenvalue weighted by Gasteiger charge is 2.22. The number of carbonyl (C=O) groups excluding carboxylic acids is 2. The smallest absolute Gasteiger partial charge is 0.319 e. The first-order chi connectivity index (χ1) is 12.6. The molecule has 1 atom stereocenters. The second-order valence-electron chi connectivity index (χ2n) is 5.17. The Morgan fingerprint density at radius 2 is 2.00 bits per heavy atom. The van der Waals surface area contributed by atoms with E-state index in [0.29, 0.717) is 28.3 Å². The number of nitrogens with one attached hydrogen (secondary N) is 1. The first-order valence-corrected chi connectivity index (χ1v) is 10.9. The molecule has 26 heavy (non-hydrogen) atoms. The third-order valence-corrected chi connectivity index (χ3v) is 6.29. The Morgan fingerprint density at radius 3 is 2.69 bits per heavy atom. The number of benzene rings is 1. The van der Waals surface area contributed by atoms with Gasteiger partial charge in [0, 0.05) is 4.90 Å². The summed E-state index contributed by atoms with van der Waals surface area (Å²) in [5, 5.41) is 10.9. The average molecular weight is 412 g/mol. The van der Waals surface area contributed by atoms with Crippen LogP contribution < -0.4 is 5.32 Å². The van der Waals surface area contributed by atoms with Gasteiger partial charge in [-0.3, -0.25) is 14.9 Å². The van der Waals surface area contributed by atoms with Crippen molar-refractivity contribution in [1.29, 1.82) is 0 Å². The molecule has 1 unspecified atom stereocenters. The lowest BCUT2D eigenvalue weighted by molar-refractivity contribution is -0.142. The third kappa shape index (κ3) is 6.97. The van der Waals surface area contributed by atoms with E-state index in [1.807, 2.05) is 37.3 Å². The maximum atomic E-state index is 12.0. The van der Waals surface area contributed by atoms with Gasteiger partial charge in [-0.25, -0.2) is 0 Å². The predicted octanol–water partition coefficient (Wildman–Crippen LogP) is 4.09. The largest absolute Gasteiger partial charge is 0.465 e. The Morgan fingerprint density at radius 1 is 1.23 bits per heavy atom. The first-order valence-electron chi connectivity index (χ1n) is 8.26. The van der Waals surface area contributed by atoms with Gasteiger partial charge in [-0.05, 0) is 25.5 Å². The number of aromatic nitrogens is 2. The fraction of sp³-hybridized carbons (Fsp3) is 0.412. The van der Waals surface area contributed by atoms with Gasteiger partial charge >= 0.3 is 5.97 Å². The van der Waals surface area contributed by atoms with Crippen molar-refractivity contribution in [2.45, 2.75) is 41.2 Å². The minimum absolute atomic E-state index is 0.137. The molecule has 1 heterocycles. The fourth-order valence-corrected chi connectivity index (χ4v) is 4.81. The van der Waals surface area contributed by atoms with Crippen LogP contribution in [0.4, 0.5) is 5.13 Å². The second kappa shape index (κ2) is 11.2. The number of rotatable bonds is 10. The highest BCUT2D eigenvalue weighted by atomic mass is 32.2. The van der Waals surface area contributed by atoms with Crippen LogP contribution in [0.5, 0.6) is 0 Å². The third-order valence-electron chi connectivity index (χ3n) is 3.11. The topological polar surface area (TPSA) is 81.2 Å². The Labute approximate surface area is 165 Å². The fourth-order valence-electron chi connectivity index (χ4n) is 1.97. The summed E-state index contributed by atoms with van der Waals surface area (Å²) in [5.41, 5.74) is 0. The number of ether oxygens (including phenoxy) is 1. The van der Waals surface area contributed by atoms with Crippen LogP contribution in [0.25, 0.3) is 0 Å². The zero-order valence-electron chi connectivity index (χ0n) is 14.6. The molecule has 2 aromatic rings. The van der Waals surface area contributed by atoms with E-state index in [1.165, 1.54) is 34.9 Å². The average Bonchev–Trinajstić information content (AvgIpc) is 3.07. The SMILES string of the molecule is CCCC(Sc1nnc(NC(=O)CSc2ccccc2)s1)C(=O)OCC. The molecule has 6 nitrogen and oxygen atoms in total. The summed E-state index contributed by atoms with van der Waals surface area (Å²) in [4.78, 5) is 25.1. The molecule has 0 aliphatic carbocycles. The van der Waals surface area contributed by atoms with Crippen LogP contribution in [-0.4, -0.2) is 39.7 Å². The van der Waals surface area contributed by atoms with Gasteiger partial charge in [-0.1, -0.05) is 54.6 Å². The van der Waals surface area contributed by atoms with Crippen molar-refractivity contribution in [2.24, 2.45) is 0 Å². The van der Waals surface area contributed by atoms with Crippen LogP contribution in [0, 0.1) is 0 Å². The van der Waals surface area contributed by atoms with Crippen LogP contribution >= 0.6 is 34.9 Å². The van der Waals surface area contributed by atoms with E-state index in [2.05, 4.69) is 15.5 Å². The molecule has 1 aromatic heterocycles. The molecular formula is C17H21N3O3S3. The first kappa shape index (κ1) is 20.7. The van der Waals surface area contributed by atoms with Gasteiger partial charge in [0.1, 0.15) is 5.25 Å². The van der Waals surface area contributed by atoms with Gasteiger partial charge < -0.3 is 4.74 Å². The van der Waals surface area contributed by atoms with Crippen molar-refractivity contribution in [3.05, 3.63) is 30.3 Å². The Kier molecular flexibility index (Phi) is 8.93. The van der Waals surface area contributed by atoms with Gasteiger partial charge in [0.15, 0.2) is 4.34 Å². The summed E-state index contributed by atoms with van der Waals surface area (Å²) in [6.45, 7) is 4.16. The number of hydrogen-bond acceptors (Lipinski definition) is 8. The van der Waals surface area contributed by atoms with Crippen molar-refractivity contribution in [2.75, 3.05) is 17.7 Å². The number of esters is 1. The predicted molar refractivity (Wildman–Crippen MR) is 107 cm³/mol. The van der Waals surface area contributed by atoms with Gasteiger partial charge in [0.25, 0.3) is 0 Å². The molecule has 0 saturated carbocycles. The second-order valence-corrected chi connectivity index (χ2v) is 8.65. The highest BCUT2D eigenvalue weighted by Crippen LogP contribution is 2.31. The molecule has 2 rings (SSSR count). The summed E-state index contributed by atoms with van der Waals surface area (Å²) in [6.07, 6.45) is 1.58. The summed E-state index contributed by atoms with van der Waals surface area (Å²) in [5.74, 6) is -0.0747. The molecule has 1 aromatic carbocycles. The van der Waals surface area contributed by atoms with Crippen molar-refractivity contribution in [1.82, 2.24) is 10.2 Å². The Hall–Kier alpha value is -1.58. The Balaban J connectivity index is 1.85. The number of hydrogen-bond donors (Lipinski definition) is 1. The zero-order valence-corrected chi connectivity index (χ0v) is 17.1. The zero-order chi connectivity index (χ0) is 18.8. The van der Waals surface area contributed by atoms with Gasteiger partial charge in [-0.2, -0.15) is 0 Å². The van der Waals surface area contributed by atoms with Crippen molar-refractivity contribution in [3.63, 3.8) is 0 Å². The molecule has 1 N–H and O–H groups in total. The van der Waals surface area contributed by atoms with Crippen molar-refractivity contribution < 1.29 is 14.3 Å². The van der Waals surface area contributed by atoms with E-state index in [-0.39, 0.29) is 17.1 Å². The molecular weight excluding hydrogens is 390 g/mol. The van der Waals surface area contributed by atoms with E-state index in [1.54, 1.807) is 6.92 Å². The van der Waals surface area contributed by atoms with Crippen LogP contribution in [0.2, 0.25) is 0 Å². The molecule has 0 fully saturated rings. The molecule has 0 bridgehead atoms. The van der Waals surface area contributed by atoms with Crippen LogP contribution in [0.3, 0.4) is 0 Å². The minimum atomic E-state index is -0.301. The van der Waals surface area contributed by atoms with E-state index in [4.69, 9.17) is 4.74 Å². The molecule has 9 heteroatoms. The molecule has 0 spiro atoms. The Bertz CT molecular complexity index is 710. The molecule has 0 radical (unpaired) electrons. The molecule has 0 saturated heterocycles. The van der Waals surface area contributed by atoms with Gasteiger partial charge in [-0.15, -0.1) is 22.0 Å². The number of nitrogens with zero attached hydrogens (tertiary/aromatic N) is 2. The van der Waals surface area contributed by atoms with Gasteiger partial charge in [0.2, 0.25) is 11.0 Å². The quantitative estimate of drug-likeness (QED) is 0.358. The molecule has 0 aliphatic rings. The lowest BCUT2D eigenvalue weighted by atomic mass is 10.2. The molecule has 1 amide bonds. The van der Waals surface area contributed by atoms with E-state index >= 15 is 0 Å². The number of anilines is 1. The minimum Gasteiger partial charge on any atom is -0.465 e. The maximum Gasteiger partial charge on any atom is 0.319 e. The van der Waals surface area contributed by atoms with E-state index < -0.39 is 0 Å². The van der Waals surface area contributed by atoms with Crippen LogP contribution in [0.15, 0.2) is 39.6 Å². The lowest BCUT2D eigenvalue weighted by Gasteiger charge is -2.11. The highest BCUT2D eigenvalue weighted by molar-refractivity contribution is 8.02. The van der Waals surface area contributed by atoms with E-state index in [9.17, 15) is 9.59 Å². The molecule has 140 valence electrons. The van der Waals surface area contributed by atoms with E-state index in [0.717, 1.165) is 11.3 Å². The maximum absolute atomic E-state index is 12.0. The van der Waals surface area contributed by atoms with Crippen molar-refractivity contribution >= 4 is 51.9 Å². The monoisotopic (exact) mass is 411 g/mol. The number of thioether (sulfide) groups is 2. The lowest BCUT2D eigenvalue weighted by Crippen LogP contribution is -2.20.